The van der Waals surface area contributed by atoms with E-state index >= 15 is 0 Å². The maximum atomic E-state index is 6.05. The lowest BCUT2D eigenvalue weighted by Gasteiger charge is -2.41. The van der Waals surface area contributed by atoms with Crippen LogP contribution in [-0.4, -0.2) is 54.2 Å². The Bertz CT molecular complexity index is 430. The number of hydrogen-bond donors (Lipinski definition) is 0. The summed E-state index contributed by atoms with van der Waals surface area (Å²) in [5.41, 5.74) is 1.30. The van der Waals surface area contributed by atoms with Crippen LogP contribution in [0.3, 0.4) is 0 Å². The van der Waals surface area contributed by atoms with Crippen molar-refractivity contribution < 1.29 is 4.74 Å². The Morgan fingerprint density at radius 1 is 1.13 bits per heavy atom. The van der Waals surface area contributed by atoms with E-state index in [1.54, 1.807) is 0 Å². The lowest BCUT2D eigenvalue weighted by molar-refractivity contribution is -0.0700. The van der Waals surface area contributed by atoms with Gasteiger partial charge < -0.3 is 4.74 Å². The van der Waals surface area contributed by atoms with Crippen molar-refractivity contribution in [3.63, 3.8) is 0 Å². The van der Waals surface area contributed by atoms with E-state index in [1.807, 2.05) is 0 Å². The summed E-state index contributed by atoms with van der Waals surface area (Å²) in [5.74, 6) is 0. The van der Waals surface area contributed by atoms with Gasteiger partial charge >= 0.3 is 0 Å². The molecule has 1 saturated heterocycles. The maximum absolute atomic E-state index is 6.05. The Morgan fingerprint density at radius 3 is 2.30 bits per heavy atom. The van der Waals surface area contributed by atoms with E-state index in [9.17, 15) is 0 Å². The van der Waals surface area contributed by atoms with Gasteiger partial charge in [0.05, 0.1) is 12.7 Å². The number of nitrogens with zero attached hydrogens (tertiary/aromatic N) is 2. The van der Waals surface area contributed by atoms with Crippen LogP contribution in [0.1, 0.15) is 46.3 Å². The molecule has 1 aromatic rings. The molecule has 0 saturated carbocycles. The quantitative estimate of drug-likeness (QED) is 0.732. The molecule has 1 aliphatic rings. The lowest BCUT2D eigenvalue weighted by atomic mass is 10.0. The first kappa shape index (κ1) is 20.6. The fraction of sp³-hybridized carbons (Fsp3) is 0.684. The van der Waals surface area contributed by atoms with Crippen molar-refractivity contribution in [1.82, 2.24) is 9.80 Å². The molecule has 4 heteroatoms. The molecule has 0 bridgehead atoms. The lowest BCUT2D eigenvalue weighted by Crippen LogP contribution is -2.50. The summed E-state index contributed by atoms with van der Waals surface area (Å²) in [6.45, 7) is 15.6. The average molecular weight is 385 g/mol. The smallest absolute Gasteiger partial charge is 0.0977 e. The number of halogens is 1. The van der Waals surface area contributed by atoms with Crippen LogP contribution < -0.4 is 0 Å². The second kappa shape index (κ2) is 9.77. The van der Waals surface area contributed by atoms with Gasteiger partial charge in [-0.05, 0) is 40.2 Å². The molecule has 132 valence electrons. The average Bonchev–Trinajstić information content (AvgIpc) is 2.49. The number of morpholine rings is 1. The van der Waals surface area contributed by atoms with Crippen molar-refractivity contribution in [2.24, 2.45) is 0 Å². The monoisotopic (exact) mass is 384 g/mol. The Morgan fingerprint density at radius 2 is 1.74 bits per heavy atom. The summed E-state index contributed by atoms with van der Waals surface area (Å²) in [6.07, 6.45) is 0.196. The van der Waals surface area contributed by atoms with E-state index in [0.29, 0.717) is 18.1 Å². The van der Waals surface area contributed by atoms with Gasteiger partial charge in [-0.2, -0.15) is 0 Å². The first-order chi connectivity index (χ1) is 10.5. The van der Waals surface area contributed by atoms with Crippen molar-refractivity contribution in [3.05, 3.63) is 35.9 Å². The van der Waals surface area contributed by atoms with E-state index in [4.69, 9.17) is 4.74 Å². The summed E-state index contributed by atoms with van der Waals surface area (Å²) in [7, 11) is 0. The van der Waals surface area contributed by atoms with Crippen LogP contribution in [-0.2, 0) is 4.74 Å². The predicted octanol–water partition coefficient (Wildman–Crippen LogP) is 4.15. The van der Waals surface area contributed by atoms with Crippen molar-refractivity contribution in [1.29, 1.82) is 0 Å². The molecular weight excluding hydrogens is 352 g/mol. The van der Waals surface area contributed by atoms with Gasteiger partial charge in [0, 0.05) is 37.8 Å². The van der Waals surface area contributed by atoms with E-state index in [0.717, 1.165) is 26.2 Å². The van der Waals surface area contributed by atoms with Gasteiger partial charge in [0.25, 0.3) is 0 Å². The first-order valence-corrected chi connectivity index (χ1v) is 8.67. The van der Waals surface area contributed by atoms with Crippen LogP contribution in [0.25, 0.3) is 0 Å². The zero-order chi connectivity index (χ0) is 16.1. The van der Waals surface area contributed by atoms with Crippen molar-refractivity contribution in [3.8, 4) is 0 Å². The van der Waals surface area contributed by atoms with Crippen LogP contribution in [0.2, 0.25) is 0 Å². The summed E-state index contributed by atoms with van der Waals surface area (Å²) >= 11 is 0. The molecule has 2 rings (SSSR count). The highest BCUT2D eigenvalue weighted by molar-refractivity contribution is 8.93. The molecule has 1 aromatic carbocycles. The van der Waals surface area contributed by atoms with E-state index in [-0.39, 0.29) is 23.1 Å². The summed E-state index contributed by atoms with van der Waals surface area (Å²) < 4.78 is 6.05. The SMILES string of the molecule is Br.CC1C(c2ccccc2)OCCN1CCN(C(C)C)C(C)C. The summed E-state index contributed by atoms with van der Waals surface area (Å²) in [6, 6.07) is 12.3. The standard InChI is InChI=1S/C19H32N2O.BrH/c1-15(2)21(16(3)4)12-11-20-13-14-22-19(17(20)5)18-9-7-6-8-10-18;/h6-10,15-17,19H,11-14H2,1-5H3;1H. The fourth-order valence-corrected chi connectivity index (χ4v) is 3.52. The van der Waals surface area contributed by atoms with Gasteiger partial charge in [0.15, 0.2) is 0 Å². The summed E-state index contributed by atoms with van der Waals surface area (Å²) in [5, 5.41) is 0. The minimum Gasteiger partial charge on any atom is -0.371 e. The molecule has 1 heterocycles. The van der Waals surface area contributed by atoms with Crippen molar-refractivity contribution >= 4 is 17.0 Å². The zero-order valence-electron chi connectivity index (χ0n) is 15.2. The highest BCUT2D eigenvalue weighted by atomic mass is 79.9. The van der Waals surface area contributed by atoms with Gasteiger partial charge in [-0.25, -0.2) is 0 Å². The molecule has 1 fully saturated rings. The van der Waals surface area contributed by atoms with Crippen LogP contribution in [0.15, 0.2) is 30.3 Å². The summed E-state index contributed by atoms with van der Waals surface area (Å²) in [4.78, 5) is 5.15. The van der Waals surface area contributed by atoms with Gasteiger partial charge in [-0.3, -0.25) is 9.80 Å². The second-order valence-electron chi connectivity index (χ2n) is 6.90. The Balaban J connectivity index is 0.00000264. The molecule has 3 nitrogen and oxygen atoms in total. The van der Waals surface area contributed by atoms with Gasteiger partial charge in [-0.1, -0.05) is 30.3 Å². The Labute approximate surface area is 152 Å². The van der Waals surface area contributed by atoms with E-state index in [1.165, 1.54) is 5.56 Å². The molecule has 0 radical (unpaired) electrons. The molecular formula is C19H33BrN2O. The third-order valence-electron chi connectivity index (χ3n) is 4.79. The predicted molar refractivity (Wildman–Crippen MR) is 103 cm³/mol. The minimum atomic E-state index is 0. The molecule has 0 spiro atoms. The topological polar surface area (TPSA) is 15.7 Å². The molecule has 23 heavy (non-hydrogen) atoms. The molecule has 0 aliphatic carbocycles. The normalized spacial score (nSPS) is 22.6. The number of hydrogen-bond acceptors (Lipinski definition) is 3. The highest BCUT2D eigenvalue weighted by Crippen LogP contribution is 2.28. The third kappa shape index (κ3) is 5.56. The van der Waals surface area contributed by atoms with Gasteiger partial charge in [0.1, 0.15) is 0 Å². The van der Waals surface area contributed by atoms with E-state index < -0.39 is 0 Å². The second-order valence-corrected chi connectivity index (χ2v) is 6.90. The minimum absolute atomic E-state index is 0. The Hall–Kier alpha value is -0.420. The van der Waals surface area contributed by atoms with Crippen LogP contribution in [0.5, 0.6) is 0 Å². The number of benzene rings is 1. The van der Waals surface area contributed by atoms with Gasteiger partial charge in [-0.15, -0.1) is 17.0 Å². The molecule has 0 N–H and O–H groups in total. The molecule has 2 unspecified atom stereocenters. The van der Waals surface area contributed by atoms with Crippen LogP contribution in [0.4, 0.5) is 0 Å². The maximum Gasteiger partial charge on any atom is 0.0977 e. The van der Waals surface area contributed by atoms with Gasteiger partial charge in [0.2, 0.25) is 0 Å². The largest absolute Gasteiger partial charge is 0.371 e. The van der Waals surface area contributed by atoms with Crippen molar-refractivity contribution in [2.75, 3.05) is 26.2 Å². The third-order valence-corrected chi connectivity index (χ3v) is 4.79. The van der Waals surface area contributed by atoms with Crippen LogP contribution >= 0.6 is 17.0 Å². The highest BCUT2D eigenvalue weighted by Gasteiger charge is 2.30. The molecule has 1 aliphatic heterocycles. The Kier molecular flexibility index (Phi) is 8.76. The zero-order valence-corrected chi connectivity index (χ0v) is 16.9. The van der Waals surface area contributed by atoms with Crippen molar-refractivity contribution in [2.45, 2.75) is 58.8 Å². The molecule has 0 amide bonds. The number of ether oxygens (including phenoxy) is 1. The number of rotatable bonds is 6. The molecule has 0 aromatic heterocycles. The van der Waals surface area contributed by atoms with E-state index in [2.05, 4.69) is 74.8 Å². The molecule has 2 atom stereocenters. The first-order valence-electron chi connectivity index (χ1n) is 8.67. The fourth-order valence-electron chi connectivity index (χ4n) is 3.52. The van der Waals surface area contributed by atoms with Crippen LogP contribution in [0, 0.1) is 0 Å².